The van der Waals surface area contributed by atoms with Crippen molar-refractivity contribution in [3.63, 3.8) is 0 Å². The number of urea groups is 1. The van der Waals surface area contributed by atoms with Crippen LogP contribution in [-0.4, -0.2) is 143 Å². The van der Waals surface area contributed by atoms with Crippen LogP contribution in [0, 0.1) is 11.3 Å². The molecule has 0 unspecified atom stereocenters. The Kier molecular flexibility index (Phi) is 14.3. The summed E-state index contributed by atoms with van der Waals surface area (Å²) < 4.78 is 14.7. The van der Waals surface area contributed by atoms with Crippen molar-refractivity contribution >= 4 is 46.4 Å². The molecule has 6 heterocycles. The summed E-state index contributed by atoms with van der Waals surface area (Å²) in [5.74, 6) is -1.07. The van der Waals surface area contributed by atoms with Crippen LogP contribution >= 0.6 is 11.3 Å². The van der Waals surface area contributed by atoms with E-state index in [0.29, 0.717) is 44.0 Å². The predicted octanol–water partition coefficient (Wildman–Crippen LogP) is 5.96. The number of nitrogens with one attached hydrogen (secondary N) is 2. The molecule has 5 atom stereocenters. The first-order valence-corrected chi connectivity index (χ1v) is 23.6. The summed E-state index contributed by atoms with van der Waals surface area (Å²) in [5.41, 5.74) is 8.59. The van der Waals surface area contributed by atoms with E-state index in [1.165, 1.54) is 21.2 Å². The Hall–Kier alpha value is -4.74. The third-order valence-corrected chi connectivity index (χ3v) is 14.0. The Morgan fingerprint density at radius 1 is 1.14 bits per heavy atom. The van der Waals surface area contributed by atoms with Crippen LogP contribution in [0.25, 0.3) is 33.4 Å². The molecule has 2 saturated heterocycles. The molecule has 1 aromatic carbocycles. The highest BCUT2D eigenvalue weighted by Crippen LogP contribution is 2.42. The number of hydrogen-bond donors (Lipinski definition) is 2. The number of likely N-dealkylation sites (tertiary alicyclic amines) is 1. The number of fused-ring (bicyclic) bond motifs is 6. The number of methoxy groups -OCH3 is 1. The molecule has 7 rings (SSSR count). The molecule has 6 bridgehead atoms. The van der Waals surface area contributed by atoms with Gasteiger partial charge in [-0.2, -0.15) is 0 Å². The SMILES string of the molecule is CCn1c(-c2cccnc2[C@H](C)OC)c2c3cc(ccc31)-c1csc(n1)C[C@H](NC(=O)[C@H](C(C)C)N(C)C(=O)N1CC[C@@H]1CN(C)C)C(=O)N1CCC[C@](C=O)(COCC(C)(C)C2)N1. The first-order valence-electron chi connectivity index (χ1n) is 22.7. The minimum atomic E-state index is -1.16. The van der Waals surface area contributed by atoms with Crippen molar-refractivity contribution in [3.05, 3.63) is 58.2 Å². The molecule has 0 spiro atoms. The summed E-state index contributed by atoms with van der Waals surface area (Å²) in [6.07, 6.45) is 5.11. The monoisotopic (exact) mass is 897 g/mol. The number of rotatable bonds is 11. The van der Waals surface area contributed by atoms with E-state index in [2.05, 4.69) is 65.2 Å². The van der Waals surface area contributed by atoms with Crippen molar-refractivity contribution in [3.8, 4) is 22.5 Å². The molecule has 3 aliphatic rings. The lowest BCUT2D eigenvalue weighted by Gasteiger charge is -2.45. The lowest BCUT2D eigenvalue weighted by atomic mass is 9.84. The van der Waals surface area contributed by atoms with Gasteiger partial charge in [0.2, 0.25) is 5.91 Å². The largest absolute Gasteiger partial charge is 0.378 e. The van der Waals surface area contributed by atoms with Crippen LogP contribution in [0.4, 0.5) is 4.79 Å². The third kappa shape index (κ3) is 9.62. The van der Waals surface area contributed by atoms with Crippen molar-refractivity contribution in [1.82, 2.24) is 45.0 Å². The summed E-state index contributed by atoms with van der Waals surface area (Å²) in [6, 6.07) is 8.52. The summed E-state index contributed by atoms with van der Waals surface area (Å²) in [6.45, 7) is 15.1. The number of amides is 4. The first kappa shape index (κ1) is 47.2. The number of hydrazine groups is 1. The van der Waals surface area contributed by atoms with Crippen LogP contribution in [-0.2, 0) is 43.2 Å². The predicted molar refractivity (Wildman–Crippen MR) is 250 cm³/mol. The second-order valence-corrected chi connectivity index (χ2v) is 20.2. The molecule has 16 heteroatoms. The van der Waals surface area contributed by atoms with Gasteiger partial charge in [0.1, 0.15) is 23.9 Å². The number of hydrogen-bond acceptors (Lipinski definition) is 11. The molecule has 0 radical (unpaired) electrons. The molecular weight excluding hydrogens is 831 g/mol. The van der Waals surface area contributed by atoms with Gasteiger partial charge in [0.25, 0.3) is 5.91 Å². The van der Waals surface area contributed by atoms with Gasteiger partial charge < -0.3 is 38.9 Å². The number of ether oxygens (including phenoxy) is 2. The molecule has 3 aromatic heterocycles. The van der Waals surface area contributed by atoms with Crippen LogP contribution in [0.2, 0.25) is 0 Å². The van der Waals surface area contributed by atoms with Gasteiger partial charge >= 0.3 is 6.03 Å². The van der Waals surface area contributed by atoms with Crippen LogP contribution in [0.3, 0.4) is 0 Å². The maximum Gasteiger partial charge on any atom is 0.320 e. The lowest BCUT2D eigenvalue weighted by Crippen LogP contribution is -2.67. The lowest BCUT2D eigenvalue weighted by molar-refractivity contribution is -0.147. The summed E-state index contributed by atoms with van der Waals surface area (Å²) >= 11 is 1.43. The minimum absolute atomic E-state index is 0.0516. The smallest absolute Gasteiger partial charge is 0.320 e. The van der Waals surface area contributed by atoms with Crippen molar-refractivity contribution in [2.45, 2.75) is 110 Å². The second kappa shape index (κ2) is 19.4. The molecule has 346 valence electrons. The number of thiazole rings is 1. The number of carbonyl (C=O) groups excluding carboxylic acids is 4. The Labute approximate surface area is 381 Å². The molecule has 15 nitrogen and oxygen atoms in total. The Bertz CT molecular complexity index is 2340. The number of aryl methyl sites for hydroxylation is 1. The van der Waals surface area contributed by atoms with E-state index >= 15 is 0 Å². The van der Waals surface area contributed by atoms with Crippen molar-refractivity contribution < 1.29 is 28.7 Å². The Morgan fingerprint density at radius 2 is 1.92 bits per heavy atom. The highest BCUT2D eigenvalue weighted by Gasteiger charge is 2.43. The molecule has 2 fully saturated rings. The zero-order valence-electron chi connectivity index (χ0n) is 39.3. The highest BCUT2D eigenvalue weighted by molar-refractivity contribution is 7.10. The van der Waals surface area contributed by atoms with E-state index in [9.17, 15) is 19.2 Å². The average molecular weight is 898 g/mol. The molecule has 0 aliphatic carbocycles. The van der Waals surface area contributed by atoms with Crippen molar-refractivity contribution in [1.29, 1.82) is 0 Å². The topological polar surface area (TPSA) is 154 Å². The van der Waals surface area contributed by atoms with Crippen LogP contribution in [0.15, 0.2) is 41.9 Å². The fourth-order valence-corrected chi connectivity index (χ4v) is 10.6. The average Bonchev–Trinajstić information content (AvgIpc) is 3.85. The number of likely N-dealkylation sites (N-methyl/N-ethyl adjacent to an activating group) is 2. The minimum Gasteiger partial charge on any atom is -0.378 e. The van der Waals surface area contributed by atoms with Gasteiger partial charge in [-0.15, -0.1) is 11.3 Å². The molecule has 0 saturated carbocycles. The molecule has 64 heavy (non-hydrogen) atoms. The van der Waals surface area contributed by atoms with Gasteiger partial charge in [-0.3, -0.25) is 19.6 Å². The standard InChI is InChI=1S/C48H67N9O6S/c1-11-55-39-16-15-32-22-35(39)36(43(55)34-14-12-19-49-41(34)31(4)62-10)24-47(5,6)28-63-29-48(27-58)18-13-20-57(52-48)45(60)37(23-40-50-38(32)26-64-40)51-44(59)42(30(2)3)54(9)46(61)56-21-17-33(56)25-53(7)8/h12,14-16,19,22,26-27,30-31,33,37,42,52H,11,13,17-18,20-21,23-25,28-29H2,1-10H3,(H,51,59)/t31-,33+,37-,42-,48-/m0/s1. The van der Waals surface area contributed by atoms with Crippen LogP contribution < -0.4 is 10.7 Å². The maximum absolute atomic E-state index is 14.7. The van der Waals surface area contributed by atoms with E-state index in [4.69, 9.17) is 19.4 Å². The number of carbonyl (C=O) groups is 4. The third-order valence-electron chi connectivity index (χ3n) is 13.1. The van der Waals surface area contributed by atoms with Gasteiger partial charge in [-0.1, -0.05) is 33.8 Å². The van der Waals surface area contributed by atoms with E-state index in [-0.39, 0.29) is 48.4 Å². The normalized spacial score (nSPS) is 22.5. The fourth-order valence-electron chi connectivity index (χ4n) is 9.72. The van der Waals surface area contributed by atoms with Gasteiger partial charge in [-0.25, -0.2) is 15.2 Å². The van der Waals surface area contributed by atoms with Crippen molar-refractivity contribution in [2.24, 2.45) is 11.3 Å². The van der Waals surface area contributed by atoms with E-state index in [1.807, 2.05) is 57.4 Å². The molecule has 3 aliphatic heterocycles. The quantitative estimate of drug-likeness (QED) is 0.173. The first-order chi connectivity index (χ1) is 30.5. The highest BCUT2D eigenvalue weighted by atomic mass is 32.1. The van der Waals surface area contributed by atoms with E-state index in [0.717, 1.165) is 70.5 Å². The maximum atomic E-state index is 14.7. The van der Waals surface area contributed by atoms with Crippen LogP contribution in [0.1, 0.15) is 83.2 Å². The van der Waals surface area contributed by atoms with E-state index in [1.54, 1.807) is 14.2 Å². The summed E-state index contributed by atoms with van der Waals surface area (Å²) in [5, 5.41) is 8.30. The number of nitrogens with zero attached hydrogens (tertiary/aromatic N) is 7. The van der Waals surface area contributed by atoms with Gasteiger partial charge in [0.15, 0.2) is 0 Å². The van der Waals surface area contributed by atoms with Gasteiger partial charge in [0.05, 0.1) is 41.4 Å². The molecule has 4 aromatic rings. The Balaban J connectivity index is 1.29. The number of aromatic nitrogens is 3. The second-order valence-electron chi connectivity index (χ2n) is 19.3. The molecule has 2 N–H and O–H groups in total. The van der Waals surface area contributed by atoms with Gasteiger partial charge in [0, 0.05) is 86.4 Å². The summed E-state index contributed by atoms with van der Waals surface area (Å²) in [4.78, 5) is 71.5. The van der Waals surface area contributed by atoms with Gasteiger partial charge in [-0.05, 0) is 94.8 Å². The molecular formula is C48H67N9O6S. The zero-order valence-corrected chi connectivity index (χ0v) is 40.1. The number of benzene rings is 1. The zero-order chi connectivity index (χ0) is 46.1. The number of pyridine rings is 1. The Morgan fingerprint density at radius 3 is 2.59 bits per heavy atom. The van der Waals surface area contributed by atoms with E-state index < -0.39 is 23.5 Å². The number of aldehydes is 1. The fraction of sp³-hybridized carbons (Fsp3) is 0.583. The molecule has 4 amide bonds. The summed E-state index contributed by atoms with van der Waals surface area (Å²) in [7, 11) is 7.33. The van der Waals surface area contributed by atoms with Crippen molar-refractivity contribution in [2.75, 3.05) is 61.1 Å². The van der Waals surface area contributed by atoms with Crippen LogP contribution in [0.5, 0.6) is 0 Å².